The van der Waals surface area contributed by atoms with Crippen molar-refractivity contribution in [2.24, 2.45) is 5.92 Å². The Morgan fingerprint density at radius 3 is 2.88 bits per heavy atom. The Labute approximate surface area is 152 Å². The summed E-state index contributed by atoms with van der Waals surface area (Å²) in [5.41, 5.74) is 1.85. The molecule has 2 heterocycles. The molecule has 0 aliphatic carbocycles. The lowest BCUT2D eigenvalue weighted by molar-refractivity contribution is -0.139. The molecule has 0 bridgehead atoms. The van der Waals surface area contributed by atoms with Gasteiger partial charge in [-0.25, -0.2) is 4.79 Å². The number of ether oxygens (including phenoxy) is 2. The third-order valence-corrected chi connectivity index (χ3v) is 4.62. The fourth-order valence-corrected chi connectivity index (χ4v) is 3.45. The number of rotatable bonds is 8. The minimum atomic E-state index is -0.983. The number of carboxylic acid groups (broad SMARTS) is 1. The number of carbonyl (C=O) groups is 1. The van der Waals surface area contributed by atoms with Crippen molar-refractivity contribution >= 4 is 5.97 Å². The maximum absolute atomic E-state index is 10.8. The standard InChI is InChI=1S/C19H24N2O5/c1-13-7-16(26-20-13)8-15-10-21(11-18(15)24-2)9-14-5-3-4-6-17(14)25-12-19(22)23/h3-7,15,18H,8-12H2,1-2H3,(H,22,23). The van der Waals surface area contributed by atoms with Crippen LogP contribution in [0.4, 0.5) is 0 Å². The highest BCUT2D eigenvalue weighted by atomic mass is 16.5. The fraction of sp³-hybridized carbons (Fsp3) is 0.474. The SMILES string of the molecule is COC1CN(Cc2ccccc2OCC(=O)O)CC1Cc1cc(C)no1. The lowest BCUT2D eigenvalue weighted by Crippen LogP contribution is -2.23. The minimum absolute atomic E-state index is 0.118. The molecule has 26 heavy (non-hydrogen) atoms. The molecule has 0 saturated carbocycles. The van der Waals surface area contributed by atoms with Crippen molar-refractivity contribution in [3.8, 4) is 5.75 Å². The predicted molar refractivity (Wildman–Crippen MR) is 94.1 cm³/mol. The van der Waals surface area contributed by atoms with Gasteiger partial charge in [-0.15, -0.1) is 0 Å². The zero-order chi connectivity index (χ0) is 18.5. The van der Waals surface area contributed by atoms with E-state index in [4.69, 9.17) is 19.1 Å². The van der Waals surface area contributed by atoms with E-state index >= 15 is 0 Å². The lowest BCUT2D eigenvalue weighted by Gasteiger charge is -2.18. The third-order valence-electron chi connectivity index (χ3n) is 4.62. The van der Waals surface area contributed by atoms with Gasteiger partial charge in [0.25, 0.3) is 0 Å². The molecule has 2 aromatic rings. The van der Waals surface area contributed by atoms with Crippen LogP contribution in [0.25, 0.3) is 0 Å². The summed E-state index contributed by atoms with van der Waals surface area (Å²) < 4.78 is 16.4. The van der Waals surface area contributed by atoms with Crippen molar-refractivity contribution in [3.63, 3.8) is 0 Å². The van der Waals surface area contributed by atoms with E-state index in [2.05, 4.69) is 10.1 Å². The summed E-state index contributed by atoms with van der Waals surface area (Å²) in [4.78, 5) is 13.1. The number of hydrogen-bond donors (Lipinski definition) is 1. The molecule has 2 unspecified atom stereocenters. The van der Waals surface area contributed by atoms with E-state index in [1.807, 2.05) is 31.2 Å². The Morgan fingerprint density at radius 2 is 2.19 bits per heavy atom. The molecule has 140 valence electrons. The van der Waals surface area contributed by atoms with Crippen LogP contribution in [0.1, 0.15) is 17.0 Å². The highest BCUT2D eigenvalue weighted by Crippen LogP contribution is 2.27. The monoisotopic (exact) mass is 360 g/mol. The number of aryl methyl sites for hydroxylation is 1. The number of aliphatic carboxylic acids is 1. The lowest BCUT2D eigenvalue weighted by atomic mass is 10.0. The van der Waals surface area contributed by atoms with E-state index in [9.17, 15) is 4.79 Å². The Bertz CT molecular complexity index is 745. The predicted octanol–water partition coefficient (Wildman–Crippen LogP) is 2.14. The number of hydrogen-bond acceptors (Lipinski definition) is 6. The zero-order valence-electron chi connectivity index (χ0n) is 15.1. The second kappa shape index (κ2) is 8.33. The van der Waals surface area contributed by atoms with Crippen LogP contribution in [0.15, 0.2) is 34.9 Å². The number of methoxy groups -OCH3 is 1. The van der Waals surface area contributed by atoms with Gasteiger partial charge in [-0.3, -0.25) is 4.90 Å². The molecule has 1 saturated heterocycles. The van der Waals surface area contributed by atoms with Crippen molar-refractivity contribution in [2.75, 3.05) is 26.8 Å². The Kier molecular flexibility index (Phi) is 5.90. The van der Waals surface area contributed by atoms with Crippen LogP contribution < -0.4 is 4.74 Å². The zero-order valence-corrected chi connectivity index (χ0v) is 15.1. The second-order valence-electron chi connectivity index (χ2n) is 6.66. The second-order valence-corrected chi connectivity index (χ2v) is 6.66. The van der Waals surface area contributed by atoms with Gasteiger partial charge in [0.2, 0.25) is 0 Å². The molecule has 1 aliphatic rings. The first-order chi connectivity index (χ1) is 12.5. The fourth-order valence-electron chi connectivity index (χ4n) is 3.45. The maximum Gasteiger partial charge on any atom is 0.341 e. The number of aromatic nitrogens is 1. The van der Waals surface area contributed by atoms with Gasteiger partial charge in [-0.2, -0.15) is 0 Å². The molecule has 7 heteroatoms. The van der Waals surface area contributed by atoms with Gasteiger partial charge in [0.05, 0.1) is 11.8 Å². The molecule has 0 radical (unpaired) electrons. The van der Waals surface area contributed by atoms with Crippen LogP contribution in [-0.2, 0) is 22.5 Å². The summed E-state index contributed by atoms with van der Waals surface area (Å²) in [5, 5.41) is 12.8. The molecule has 2 atom stereocenters. The van der Waals surface area contributed by atoms with Crippen LogP contribution in [-0.4, -0.2) is 54.0 Å². The molecule has 3 rings (SSSR count). The first-order valence-electron chi connectivity index (χ1n) is 8.65. The molecule has 1 aliphatic heterocycles. The van der Waals surface area contributed by atoms with E-state index in [0.29, 0.717) is 18.2 Å². The van der Waals surface area contributed by atoms with Crippen LogP contribution in [0.3, 0.4) is 0 Å². The van der Waals surface area contributed by atoms with E-state index in [1.54, 1.807) is 13.2 Å². The average Bonchev–Trinajstić information content (AvgIpc) is 3.20. The van der Waals surface area contributed by atoms with Crippen LogP contribution in [0.5, 0.6) is 5.75 Å². The van der Waals surface area contributed by atoms with Crippen LogP contribution in [0.2, 0.25) is 0 Å². The summed E-state index contributed by atoms with van der Waals surface area (Å²) in [5.74, 6) is 0.821. The number of benzene rings is 1. The largest absolute Gasteiger partial charge is 0.482 e. The van der Waals surface area contributed by atoms with Gasteiger partial charge in [0.15, 0.2) is 6.61 Å². The smallest absolute Gasteiger partial charge is 0.341 e. The van der Waals surface area contributed by atoms with Crippen molar-refractivity contribution < 1.29 is 23.9 Å². The van der Waals surface area contributed by atoms with E-state index in [1.165, 1.54) is 0 Å². The molecular weight excluding hydrogens is 336 g/mol. The van der Waals surface area contributed by atoms with Crippen molar-refractivity contribution in [1.82, 2.24) is 10.1 Å². The number of nitrogens with zero attached hydrogens (tertiary/aromatic N) is 2. The molecule has 1 N–H and O–H groups in total. The summed E-state index contributed by atoms with van der Waals surface area (Å²) in [6, 6.07) is 9.51. The summed E-state index contributed by atoms with van der Waals surface area (Å²) >= 11 is 0. The quantitative estimate of drug-likeness (QED) is 0.772. The molecular formula is C19H24N2O5. The Balaban J connectivity index is 1.64. The van der Waals surface area contributed by atoms with Gasteiger partial charge < -0.3 is 19.1 Å². The molecule has 1 aromatic carbocycles. The molecule has 0 amide bonds. The summed E-state index contributed by atoms with van der Waals surface area (Å²) in [7, 11) is 1.73. The minimum Gasteiger partial charge on any atom is -0.482 e. The number of carboxylic acids is 1. The highest BCUT2D eigenvalue weighted by Gasteiger charge is 2.34. The number of likely N-dealkylation sites (tertiary alicyclic amines) is 1. The first kappa shape index (κ1) is 18.4. The summed E-state index contributed by atoms with van der Waals surface area (Å²) in [6.07, 6.45) is 0.903. The average molecular weight is 360 g/mol. The topological polar surface area (TPSA) is 85.0 Å². The van der Waals surface area contributed by atoms with Gasteiger partial charge in [0.1, 0.15) is 11.5 Å². The van der Waals surface area contributed by atoms with Crippen molar-refractivity contribution in [1.29, 1.82) is 0 Å². The Morgan fingerprint density at radius 1 is 1.38 bits per heavy atom. The molecule has 0 spiro atoms. The van der Waals surface area contributed by atoms with Gasteiger partial charge in [0, 0.05) is 50.7 Å². The normalized spacial score (nSPS) is 20.4. The Hall–Kier alpha value is -2.38. The van der Waals surface area contributed by atoms with Crippen LogP contribution >= 0.6 is 0 Å². The number of para-hydroxylation sites is 1. The van der Waals surface area contributed by atoms with Gasteiger partial charge in [-0.1, -0.05) is 23.4 Å². The van der Waals surface area contributed by atoms with E-state index < -0.39 is 5.97 Å². The van der Waals surface area contributed by atoms with Gasteiger partial charge in [-0.05, 0) is 13.0 Å². The van der Waals surface area contributed by atoms with Crippen molar-refractivity contribution in [2.45, 2.75) is 26.0 Å². The van der Waals surface area contributed by atoms with Crippen molar-refractivity contribution in [3.05, 3.63) is 47.3 Å². The molecule has 1 fully saturated rings. The molecule has 7 nitrogen and oxygen atoms in total. The van der Waals surface area contributed by atoms with E-state index in [-0.39, 0.29) is 12.7 Å². The third kappa shape index (κ3) is 4.62. The first-order valence-corrected chi connectivity index (χ1v) is 8.65. The molecule has 1 aromatic heterocycles. The van der Waals surface area contributed by atoms with Gasteiger partial charge >= 0.3 is 5.97 Å². The maximum atomic E-state index is 10.8. The summed E-state index contributed by atoms with van der Waals surface area (Å²) in [6.45, 7) is 3.93. The van der Waals surface area contributed by atoms with Crippen LogP contribution in [0, 0.1) is 12.8 Å². The van der Waals surface area contributed by atoms with E-state index in [0.717, 1.165) is 36.5 Å². The highest BCUT2D eigenvalue weighted by molar-refractivity contribution is 5.68.